The predicted molar refractivity (Wildman–Crippen MR) is 78.7 cm³/mol. The molecule has 1 aliphatic heterocycles. The molecule has 0 spiro atoms. The van der Waals surface area contributed by atoms with Crippen LogP contribution in [-0.2, 0) is 11.3 Å². The summed E-state index contributed by atoms with van der Waals surface area (Å²) in [7, 11) is 1.59. The second-order valence-electron chi connectivity index (χ2n) is 5.38. The van der Waals surface area contributed by atoms with Gasteiger partial charge in [0.2, 0.25) is 0 Å². The van der Waals surface area contributed by atoms with Crippen molar-refractivity contribution in [1.29, 1.82) is 0 Å². The van der Waals surface area contributed by atoms with E-state index in [9.17, 15) is 4.79 Å². The number of carbonyl (C=O) groups is 1. The van der Waals surface area contributed by atoms with Gasteiger partial charge in [0.05, 0.1) is 7.11 Å². The smallest absolute Gasteiger partial charge is 0.328 e. The van der Waals surface area contributed by atoms with Crippen LogP contribution in [0.4, 0.5) is 0 Å². The molecule has 1 aromatic carbocycles. The minimum Gasteiger partial charge on any atom is -0.496 e. The number of carboxylic acid groups (broad SMARTS) is 1. The Labute approximate surface area is 119 Å². The highest BCUT2D eigenvalue weighted by molar-refractivity contribution is 5.85. The van der Waals surface area contributed by atoms with Crippen molar-refractivity contribution in [3.8, 4) is 5.75 Å². The minimum absolute atomic E-state index is 0.695. The molecule has 1 N–H and O–H groups in total. The normalized spacial score (nSPS) is 19.6. The number of ether oxygens (including phenoxy) is 1. The van der Waals surface area contributed by atoms with Gasteiger partial charge in [-0.05, 0) is 42.7 Å². The van der Waals surface area contributed by atoms with E-state index in [2.05, 4.69) is 11.8 Å². The topological polar surface area (TPSA) is 49.8 Å². The number of methoxy groups -OCH3 is 1. The van der Waals surface area contributed by atoms with E-state index in [4.69, 9.17) is 9.84 Å². The summed E-state index contributed by atoms with van der Waals surface area (Å²) >= 11 is 0. The van der Waals surface area contributed by atoms with Crippen LogP contribution in [0.25, 0.3) is 6.08 Å². The van der Waals surface area contributed by atoms with Crippen LogP contribution in [0.15, 0.2) is 24.3 Å². The molecule has 2 rings (SSSR count). The van der Waals surface area contributed by atoms with E-state index in [0.29, 0.717) is 5.75 Å². The molecule has 108 valence electrons. The van der Waals surface area contributed by atoms with Gasteiger partial charge in [0, 0.05) is 24.7 Å². The summed E-state index contributed by atoms with van der Waals surface area (Å²) in [6, 6.07) is 5.94. The highest BCUT2D eigenvalue weighted by Crippen LogP contribution is 2.24. The minimum atomic E-state index is -0.953. The molecule has 1 atom stereocenters. The summed E-state index contributed by atoms with van der Waals surface area (Å²) in [5.74, 6) is 0.506. The second kappa shape index (κ2) is 6.57. The van der Waals surface area contributed by atoms with Crippen LogP contribution in [-0.4, -0.2) is 36.2 Å². The first-order valence-corrected chi connectivity index (χ1v) is 6.88. The first kappa shape index (κ1) is 14.6. The SMILES string of the molecule is COc1ccc(CN2CCC(C)C2)cc1C=CC(=O)O. The van der Waals surface area contributed by atoms with Crippen LogP contribution < -0.4 is 4.74 Å². The molecule has 1 unspecified atom stereocenters. The van der Waals surface area contributed by atoms with Crippen molar-refractivity contribution in [2.75, 3.05) is 20.2 Å². The van der Waals surface area contributed by atoms with E-state index in [1.807, 2.05) is 18.2 Å². The van der Waals surface area contributed by atoms with E-state index in [1.165, 1.54) is 12.0 Å². The van der Waals surface area contributed by atoms with Crippen LogP contribution in [0.2, 0.25) is 0 Å². The number of hydrogen-bond acceptors (Lipinski definition) is 3. The Hall–Kier alpha value is -1.81. The highest BCUT2D eigenvalue weighted by Gasteiger charge is 2.18. The molecule has 0 saturated carbocycles. The van der Waals surface area contributed by atoms with Crippen LogP contribution in [0, 0.1) is 5.92 Å². The lowest BCUT2D eigenvalue weighted by molar-refractivity contribution is -0.131. The average molecular weight is 275 g/mol. The molecular weight excluding hydrogens is 254 g/mol. The van der Waals surface area contributed by atoms with Gasteiger partial charge < -0.3 is 9.84 Å². The maximum Gasteiger partial charge on any atom is 0.328 e. The van der Waals surface area contributed by atoms with Crippen molar-refractivity contribution in [3.05, 3.63) is 35.4 Å². The molecule has 0 aromatic heterocycles. The van der Waals surface area contributed by atoms with Crippen molar-refractivity contribution in [3.63, 3.8) is 0 Å². The molecule has 0 bridgehead atoms. The summed E-state index contributed by atoms with van der Waals surface area (Å²) in [5, 5.41) is 8.73. The Morgan fingerprint density at radius 1 is 1.55 bits per heavy atom. The zero-order valence-corrected chi connectivity index (χ0v) is 12.0. The van der Waals surface area contributed by atoms with Gasteiger partial charge in [0.15, 0.2) is 0 Å². The third-order valence-corrected chi connectivity index (χ3v) is 3.61. The fourth-order valence-corrected chi connectivity index (χ4v) is 2.60. The van der Waals surface area contributed by atoms with Gasteiger partial charge in [-0.25, -0.2) is 4.79 Å². The largest absolute Gasteiger partial charge is 0.496 e. The van der Waals surface area contributed by atoms with Crippen LogP contribution >= 0.6 is 0 Å². The zero-order valence-electron chi connectivity index (χ0n) is 12.0. The number of hydrogen-bond donors (Lipinski definition) is 1. The first-order chi connectivity index (χ1) is 9.58. The standard InChI is InChI=1S/C16H21NO3/c1-12-7-8-17(10-12)11-13-3-5-15(20-2)14(9-13)4-6-16(18)19/h3-6,9,12H,7-8,10-11H2,1-2H3,(H,18,19). The lowest BCUT2D eigenvalue weighted by Gasteiger charge is -2.16. The lowest BCUT2D eigenvalue weighted by atomic mass is 10.1. The van der Waals surface area contributed by atoms with E-state index in [-0.39, 0.29) is 0 Å². The Kier molecular flexibility index (Phi) is 4.79. The van der Waals surface area contributed by atoms with E-state index < -0.39 is 5.97 Å². The number of benzene rings is 1. The summed E-state index contributed by atoms with van der Waals surface area (Å²) < 4.78 is 5.26. The van der Waals surface area contributed by atoms with Gasteiger partial charge in [-0.3, -0.25) is 4.90 Å². The molecule has 4 nitrogen and oxygen atoms in total. The van der Waals surface area contributed by atoms with Crippen molar-refractivity contribution in [2.24, 2.45) is 5.92 Å². The highest BCUT2D eigenvalue weighted by atomic mass is 16.5. The van der Waals surface area contributed by atoms with E-state index in [1.54, 1.807) is 13.2 Å². The molecule has 0 aliphatic carbocycles. The predicted octanol–water partition coefficient (Wildman–Crippen LogP) is 2.63. The molecule has 20 heavy (non-hydrogen) atoms. The molecule has 1 heterocycles. The summed E-state index contributed by atoms with van der Waals surface area (Å²) in [5.41, 5.74) is 1.99. The molecule has 1 aliphatic rings. The van der Waals surface area contributed by atoms with Gasteiger partial charge in [-0.1, -0.05) is 13.0 Å². The van der Waals surface area contributed by atoms with Gasteiger partial charge in [-0.2, -0.15) is 0 Å². The third-order valence-electron chi connectivity index (χ3n) is 3.61. The maximum atomic E-state index is 10.6. The van der Waals surface area contributed by atoms with Crippen molar-refractivity contribution in [2.45, 2.75) is 19.9 Å². The van der Waals surface area contributed by atoms with Crippen LogP contribution in [0.1, 0.15) is 24.5 Å². The molecule has 0 amide bonds. The van der Waals surface area contributed by atoms with Gasteiger partial charge >= 0.3 is 5.97 Å². The molecule has 1 saturated heterocycles. The number of rotatable bonds is 5. The Balaban J connectivity index is 2.14. The van der Waals surface area contributed by atoms with E-state index >= 15 is 0 Å². The fourth-order valence-electron chi connectivity index (χ4n) is 2.60. The first-order valence-electron chi connectivity index (χ1n) is 6.88. The lowest BCUT2D eigenvalue weighted by Crippen LogP contribution is -2.19. The fraction of sp³-hybridized carbons (Fsp3) is 0.438. The van der Waals surface area contributed by atoms with Crippen molar-refractivity contribution >= 4 is 12.0 Å². The van der Waals surface area contributed by atoms with Gasteiger partial charge in [0.1, 0.15) is 5.75 Å². The quantitative estimate of drug-likeness (QED) is 0.839. The summed E-state index contributed by atoms with van der Waals surface area (Å²) in [6.07, 6.45) is 3.97. The Morgan fingerprint density at radius 2 is 2.35 bits per heavy atom. The van der Waals surface area contributed by atoms with Gasteiger partial charge in [-0.15, -0.1) is 0 Å². The molecule has 0 radical (unpaired) electrons. The Bertz CT molecular complexity index is 510. The Morgan fingerprint density at radius 3 is 2.95 bits per heavy atom. The van der Waals surface area contributed by atoms with Crippen molar-refractivity contribution in [1.82, 2.24) is 4.90 Å². The number of aliphatic carboxylic acids is 1. The van der Waals surface area contributed by atoms with Crippen LogP contribution in [0.3, 0.4) is 0 Å². The molecule has 4 heteroatoms. The maximum absolute atomic E-state index is 10.6. The van der Waals surface area contributed by atoms with Gasteiger partial charge in [0.25, 0.3) is 0 Å². The number of carboxylic acids is 1. The summed E-state index contributed by atoms with van der Waals surface area (Å²) in [6.45, 7) is 5.44. The third kappa shape index (κ3) is 3.84. The van der Waals surface area contributed by atoms with Crippen molar-refractivity contribution < 1.29 is 14.6 Å². The average Bonchev–Trinajstić information content (AvgIpc) is 2.82. The number of nitrogens with zero attached hydrogens (tertiary/aromatic N) is 1. The second-order valence-corrected chi connectivity index (χ2v) is 5.38. The zero-order chi connectivity index (χ0) is 14.5. The molecular formula is C16H21NO3. The molecule has 1 aromatic rings. The summed E-state index contributed by atoms with van der Waals surface area (Å²) in [4.78, 5) is 13.1. The van der Waals surface area contributed by atoms with Crippen LogP contribution in [0.5, 0.6) is 5.75 Å². The molecule has 1 fully saturated rings. The number of likely N-dealkylation sites (tertiary alicyclic amines) is 1. The van der Waals surface area contributed by atoms with E-state index in [0.717, 1.165) is 37.2 Å². The monoisotopic (exact) mass is 275 g/mol.